The van der Waals surface area contributed by atoms with E-state index in [1.54, 1.807) is 29.7 Å². The first-order chi connectivity index (χ1) is 16.0. The number of carbonyl (C=O) groups is 2. The van der Waals surface area contributed by atoms with E-state index in [0.29, 0.717) is 24.7 Å². The maximum Gasteiger partial charge on any atom is 0.303 e. The van der Waals surface area contributed by atoms with Gasteiger partial charge in [0.1, 0.15) is 5.75 Å². The number of ether oxygens (including phenoxy) is 1. The Hall–Kier alpha value is -3.88. The molecule has 1 aromatic carbocycles. The minimum atomic E-state index is -0.855. The molecule has 3 aromatic rings. The molecule has 2 atom stereocenters. The van der Waals surface area contributed by atoms with E-state index >= 15 is 0 Å². The van der Waals surface area contributed by atoms with Crippen LogP contribution < -0.4 is 15.0 Å². The van der Waals surface area contributed by atoms with Gasteiger partial charge in [-0.2, -0.15) is 0 Å². The SMILES string of the molecule is CC(CCN1C(=O)COc2cc(CC(CC(=O)O)c3cccnc3)ccc21)Nc1ncc[nH]1. The minimum Gasteiger partial charge on any atom is -0.482 e. The van der Waals surface area contributed by atoms with Crippen LogP contribution in [0.1, 0.15) is 36.8 Å². The van der Waals surface area contributed by atoms with Gasteiger partial charge in [0, 0.05) is 37.4 Å². The van der Waals surface area contributed by atoms with E-state index in [0.717, 1.165) is 23.2 Å². The standard InChI is InChI=1S/C24H27N5O4/c1-16(28-24-26-8-9-27-24)6-10-29-20-5-4-17(12-21(20)33-15-22(29)30)11-19(13-23(31)32)18-3-2-7-25-14-18/h2-5,7-9,12,14,16,19H,6,10-11,13,15H2,1H3,(H,31,32)(H2,26,27,28). The summed E-state index contributed by atoms with van der Waals surface area (Å²) in [6.45, 7) is 2.57. The second kappa shape index (κ2) is 10.2. The molecular weight excluding hydrogens is 422 g/mol. The lowest BCUT2D eigenvalue weighted by atomic mass is 9.90. The quantitative estimate of drug-likeness (QED) is 0.435. The fourth-order valence-electron chi connectivity index (χ4n) is 4.01. The number of H-pyrrole nitrogens is 1. The molecule has 0 spiro atoms. The number of imidazole rings is 1. The number of carbonyl (C=O) groups excluding carboxylic acids is 1. The third-order valence-electron chi connectivity index (χ3n) is 5.69. The molecular formula is C24H27N5O4. The Kier molecular flexibility index (Phi) is 6.87. The lowest BCUT2D eigenvalue weighted by Crippen LogP contribution is -2.40. The molecule has 0 bridgehead atoms. The number of aliphatic carboxylic acids is 1. The van der Waals surface area contributed by atoms with Crippen LogP contribution >= 0.6 is 0 Å². The number of pyridine rings is 1. The molecule has 0 saturated heterocycles. The Balaban J connectivity index is 1.46. The van der Waals surface area contributed by atoms with Gasteiger partial charge in [0.25, 0.3) is 5.91 Å². The number of aromatic amines is 1. The second-order valence-electron chi connectivity index (χ2n) is 8.19. The summed E-state index contributed by atoms with van der Waals surface area (Å²) in [5.41, 5.74) is 2.57. The number of fused-ring (bicyclic) bond motifs is 1. The molecule has 9 nitrogen and oxygen atoms in total. The molecule has 0 saturated carbocycles. The number of carboxylic acid groups (broad SMARTS) is 1. The van der Waals surface area contributed by atoms with E-state index in [9.17, 15) is 14.7 Å². The summed E-state index contributed by atoms with van der Waals surface area (Å²) in [6, 6.07) is 9.55. The number of amides is 1. The zero-order valence-corrected chi connectivity index (χ0v) is 18.4. The van der Waals surface area contributed by atoms with Crippen molar-refractivity contribution in [2.75, 3.05) is 23.4 Å². The molecule has 33 heavy (non-hydrogen) atoms. The number of rotatable bonds is 10. The molecule has 0 fully saturated rings. The smallest absolute Gasteiger partial charge is 0.303 e. The molecule has 1 aliphatic heterocycles. The van der Waals surface area contributed by atoms with Crippen LogP contribution in [0.25, 0.3) is 0 Å². The van der Waals surface area contributed by atoms with Gasteiger partial charge in [-0.25, -0.2) is 4.98 Å². The molecule has 9 heteroatoms. The van der Waals surface area contributed by atoms with E-state index in [4.69, 9.17) is 4.74 Å². The number of hydrogen-bond donors (Lipinski definition) is 3. The lowest BCUT2D eigenvalue weighted by molar-refractivity contribution is -0.137. The van der Waals surface area contributed by atoms with Crippen molar-refractivity contribution in [2.24, 2.45) is 0 Å². The zero-order chi connectivity index (χ0) is 23.2. The fourth-order valence-corrected chi connectivity index (χ4v) is 4.01. The van der Waals surface area contributed by atoms with Gasteiger partial charge >= 0.3 is 5.97 Å². The van der Waals surface area contributed by atoms with E-state index in [2.05, 4.69) is 20.3 Å². The fraction of sp³-hybridized carbons (Fsp3) is 0.333. The molecule has 4 rings (SSSR count). The molecule has 3 heterocycles. The van der Waals surface area contributed by atoms with Crippen molar-refractivity contribution >= 4 is 23.5 Å². The van der Waals surface area contributed by atoms with Gasteiger partial charge in [0.2, 0.25) is 0 Å². The summed E-state index contributed by atoms with van der Waals surface area (Å²) >= 11 is 0. The topological polar surface area (TPSA) is 120 Å². The van der Waals surface area contributed by atoms with Crippen molar-refractivity contribution in [1.29, 1.82) is 0 Å². The summed E-state index contributed by atoms with van der Waals surface area (Å²) in [7, 11) is 0. The number of nitrogens with zero attached hydrogens (tertiary/aromatic N) is 3. The summed E-state index contributed by atoms with van der Waals surface area (Å²) in [4.78, 5) is 37.0. The highest BCUT2D eigenvalue weighted by Gasteiger charge is 2.26. The average Bonchev–Trinajstić information content (AvgIpc) is 3.31. The van der Waals surface area contributed by atoms with E-state index in [1.807, 2.05) is 37.3 Å². The average molecular weight is 450 g/mol. The van der Waals surface area contributed by atoms with Crippen molar-refractivity contribution in [3.05, 3.63) is 66.2 Å². The Morgan fingerprint density at radius 3 is 2.94 bits per heavy atom. The van der Waals surface area contributed by atoms with Crippen molar-refractivity contribution in [2.45, 2.75) is 38.1 Å². The van der Waals surface area contributed by atoms with Gasteiger partial charge in [-0.15, -0.1) is 0 Å². The predicted octanol–water partition coefficient (Wildman–Crippen LogP) is 3.22. The third kappa shape index (κ3) is 5.68. The summed E-state index contributed by atoms with van der Waals surface area (Å²) in [6.07, 6.45) is 8.09. The minimum absolute atomic E-state index is 0.00873. The predicted molar refractivity (Wildman–Crippen MR) is 124 cm³/mol. The largest absolute Gasteiger partial charge is 0.482 e. The molecule has 1 aliphatic rings. The van der Waals surface area contributed by atoms with E-state index < -0.39 is 5.97 Å². The van der Waals surface area contributed by atoms with Gasteiger partial charge in [-0.05, 0) is 55.0 Å². The number of nitrogens with one attached hydrogen (secondary N) is 2. The maximum absolute atomic E-state index is 12.5. The normalized spacial score (nSPS) is 14.8. The number of carboxylic acids is 1. The number of hydrogen-bond acceptors (Lipinski definition) is 6. The van der Waals surface area contributed by atoms with Gasteiger partial charge in [0.15, 0.2) is 12.6 Å². The Labute approximate surface area is 191 Å². The molecule has 0 radical (unpaired) electrons. The summed E-state index contributed by atoms with van der Waals surface area (Å²) < 4.78 is 5.72. The zero-order valence-electron chi connectivity index (χ0n) is 18.4. The van der Waals surface area contributed by atoms with E-state index in [-0.39, 0.29) is 30.9 Å². The highest BCUT2D eigenvalue weighted by atomic mass is 16.5. The first-order valence-electron chi connectivity index (χ1n) is 10.9. The van der Waals surface area contributed by atoms with Gasteiger partial charge in [-0.1, -0.05) is 12.1 Å². The van der Waals surface area contributed by atoms with Gasteiger partial charge < -0.3 is 25.0 Å². The first kappa shape index (κ1) is 22.3. The van der Waals surface area contributed by atoms with E-state index in [1.165, 1.54) is 0 Å². The van der Waals surface area contributed by atoms with Gasteiger partial charge in [0.05, 0.1) is 12.1 Å². The number of benzene rings is 1. The number of aromatic nitrogens is 3. The summed E-state index contributed by atoms with van der Waals surface area (Å²) in [5, 5.41) is 12.6. The van der Waals surface area contributed by atoms with Crippen LogP contribution in [0.3, 0.4) is 0 Å². The second-order valence-corrected chi connectivity index (χ2v) is 8.19. The molecule has 3 N–H and O–H groups in total. The summed E-state index contributed by atoms with van der Waals surface area (Å²) in [5.74, 6) is 0.195. The molecule has 2 unspecified atom stereocenters. The van der Waals surface area contributed by atoms with Crippen molar-refractivity contribution in [3.63, 3.8) is 0 Å². The van der Waals surface area contributed by atoms with Crippen LogP contribution in [0.15, 0.2) is 55.1 Å². The van der Waals surface area contributed by atoms with Gasteiger partial charge in [-0.3, -0.25) is 14.6 Å². The van der Waals surface area contributed by atoms with Crippen molar-refractivity contribution < 1.29 is 19.4 Å². The number of anilines is 2. The van der Waals surface area contributed by atoms with Crippen LogP contribution in [0.5, 0.6) is 5.75 Å². The van der Waals surface area contributed by atoms with Crippen LogP contribution in [-0.2, 0) is 16.0 Å². The van der Waals surface area contributed by atoms with Crippen molar-refractivity contribution in [3.8, 4) is 5.75 Å². The van der Waals surface area contributed by atoms with Crippen LogP contribution in [0.2, 0.25) is 0 Å². The maximum atomic E-state index is 12.5. The lowest BCUT2D eigenvalue weighted by Gasteiger charge is -2.31. The first-order valence-corrected chi connectivity index (χ1v) is 10.9. The monoisotopic (exact) mass is 449 g/mol. The highest BCUT2D eigenvalue weighted by Crippen LogP contribution is 2.35. The Morgan fingerprint density at radius 2 is 2.21 bits per heavy atom. The Bertz CT molecular complexity index is 1090. The van der Waals surface area contributed by atoms with Crippen LogP contribution in [0.4, 0.5) is 11.6 Å². The molecule has 2 aromatic heterocycles. The van der Waals surface area contributed by atoms with Crippen LogP contribution in [-0.4, -0.2) is 51.1 Å². The highest BCUT2D eigenvalue weighted by molar-refractivity contribution is 5.97. The molecule has 172 valence electrons. The molecule has 1 amide bonds. The van der Waals surface area contributed by atoms with Crippen LogP contribution in [0, 0.1) is 0 Å². The Morgan fingerprint density at radius 1 is 1.33 bits per heavy atom. The molecule has 0 aliphatic carbocycles. The van der Waals surface area contributed by atoms with Crippen molar-refractivity contribution in [1.82, 2.24) is 15.0 Å². The third-order valence-corrected chi connectivity index (χ3v) is 5.69.